The SMILES string of the molecule is Cc1nc2ccc(C(=O)C3CCCC3)cc2o1. The van der Waals surface area contributed by atoms with Gasteiger partial charge in [-0.25, -0.2) is 4.98 Å². The molecule has 0 N–H and O–H groups in total. The number of carbonyl (C=O) groups excluding carboxylic acids is 1. The molecule has 1 aromatic heterocycles. The van der Waals surface area contributed by atoms with E-state index in [9.17, 15) is 4.79 Å². The normalized spacial score (nSPS) is 16.8. The van der Waals surface area contributed by atoms with Crippen molar-refractivity contribution >= 4 is 16.9 Å². The lowest BCUT2D eigenvalue weighted by atomic mass is 9.96. The molecule has 0 bridgehead atoms. The summed E-state index contributed by atoms with van der Waals surface area (Å²) in [7, 11) is 0. The largest absolute Gasteiger partial charge is 0.441 e. The number of aryl methyl sites for hydroxylation is 1. The van der Waals surface area contributed by atoms with Crippen molar-refractivity contribution in [1.82, 2.24) is 4.98 Å². The maximum atomic E-state index is 12.2. The van der Waals surface area contributed by atoms with Crippen molar-refractivity contribution in [3.63, 3.8) is 0 Å². The summed E-state index contributed by atoms with van der Waals surface area (Å²) in [5.74, 6) is 1.13. The van der Waals surface area contributed by atoms with Crippen LogP contribution in [0, 0.1) is 12.8 Å². The molecule has 0 spiro atoms. The van der Waals surface area contributed by atoms with Gasteiger partial charge in [-0.3, -0.25) is 4.79 Å². The van der Waals surface area contributed by atoms with E-state index in [0.717, 1.165) is 23.9 Å². The van der Waals surface area contributed by atoms with Gasteiger partial charge in [0.05, 0.1) is 0 Å². The van der Waals surface area contributed by atoms with Crippen LogP contribution in [0.5, 0.6) is 0 Å². The molecular weight excluding hydrogens is 214 g/mol. The third kappa shape index (κ3) is 1.86. The van der Waals surface area contributed by atoms with Gasteiger partial charge in [0, 0.05) is 18.4 Å². The fourth-order valence-electron chi connectivity index (χ4n) is 2.62. The molecule has 0 unspecified atom stereocenters. The molecule has 1 heterocycles. The van der Waals surface area contributed by atoms with Gasteiger partial charge in [0.2, 0.25) is 0 Å². The van der Waals surface area contributed by atoms with Crippen LogP contribution >= 0.6 is 0 Å². The van der Waals surface area contributed by atoms with Crippen molar-refractivity contribution < 1.29 is 9.21 Å². The van der Waals surface area contributed by atoms with Gasteiger partial charge in [-0.05, 0) is 31.0 Å². The van der Waals surface area contributed by atoms with Crippen molar-refractivity contribution in [2.45, 2.75) is 32.6 Å². The highest BCUT2D eigenvalue weighted by Gasteiger charge is 2.24. The fourth-order valence-corrected chi connectivity index (χ4v) is 2.62. The van der Waals surface area contributed by atoms with E-state index in [-0.39, 0.29) is 11.7 Å². The summed E-state index contributed by atoms with van der Waals surface area (Å²) in [6.45, 7) is 1.82. The number of aromatic nitrogens is 1. The molecule has 88 valence electrons. The zero-order chi connectivity index (χ0) is 11.8. The summed E-state index contributed by atoms with van der Waals surface area (Å²) in [6, 6.07) is 5.56. The number of nitrogens with zero attached hydrogens (tertiary/aromatic N) is 1. The summed E-state index contributed by atoms with van der Waals surface area (Å²) in [6.07, 6.45) is 4.43. The summed E-state index contributed by atoms with van der Waals surface area (Å²) in [5, 5.41) is 0. The number of ketones is 1. The Bertz CT molecular complexity index is 565. The molecule has 1 aliphatic carbocycles. The minimum Gasteiger partial charge on any atom is -0.441 e. The molecule has 0 radical (unpaired) electrons. The minimum absolute atomic E-state index is 0.219. The van der Waals surface area contributed by atoms with E-state index in [0.29, 0.717) is 11.5 Å². The molecule has 0 saturated heterocycles. The molecule has 3 rings (SSSR count). The van der Waals surface area contributed by atoms with Crippen LogP contribution < -0.4 is 0 Å². The van der Waals surface area contributed by atoms with E-state index < -0.39 is 0 Å². The van der Waals surface area contributed by atoms with Crippen LogP contribution in [0.15, 0.2) is 22.6 Å². The van der Waals surface area contributed by atoms with Gasteiger partial charge in [-0.1, -0.05) is 12.8 Å². The van der Waals surface area contributed by atoms with Crippen LogP contribution in [0.4, 0.5) is 0 Å². The Hall–Kier alpha value is -1.64. The van der Waals surface area contributed by atoms with Gasteiger partial charge in [0.1, 0.15) is 5.52 Å². The van der Waals surface area contributed by atoms with Crippen LogP contribution in [0.25, 0.3) is 11.1 Å². The number of carbonyl (C=O) groups is 1. The monoisotopic (exact) mass is 229 g/mol. The first kappa shape index (κ1) is 10.5. The number of rotatable bonds is 2. The molecule has 17 heavy (non-hydrogen) atoms. The Morgan fingerprint density at radius 1 is 1.35 bits per heavy atom. The second-order valence-corrected chi connectivity index (χ2v) is 4.76. The van der Waals surface area contributed by atoms with Crippen LogP contribution in [0.3, 0.4) is 0 Å². The quantitative estimate of drug-likeness (QED) is 0.740. The maximum Gasteiger partial charge on any atom is 0.192 e. The van der Waals surface area contributed by atoms with E-state index in [1.165, 1.54) is 12.8 Å². The fraction of sp³-hybridized carbons (Fsp3) is 0.429. The molecule has 1 fully saturated rings. The lowest BCUT2D eigenvalue weighted by Gasteiger charge is -2.07. The van der Waals surface area contributed by atoms with Gasteiger partial charge in [-0.2, -0.15) is 0 Å². The summed E-state index contributed by atoms with van der Waals surface area (Å²) >= 11 is 0. The van der Waals surface area contributed by atoms with Crippen LogP contribution in [0.1, 0.15) is 41.9 Å². The number of oxazole rings is 1. The molecule has 1 saturated carbocycles. The summed E-state index contributed by atoms with van der Waals surface area (Å²) in [5.41, 5.74) is 2.30. The lowest BCUT2D eigenvalue weighted by molar-refractivity contribution is 0.0923. The zero-order valence-electron chi connectivity index (χ0n) is 9.90. The number of benzene rings is 1. The average Bonchev–Trinajstić information content (AvgIpc) is 2.94. The van der Waals surface area contributed by atoms with Crippen molar-refractivity contribution in [3.8, 4) is 0 Å². The molecule has 1 aromatic carbocycles. The molecule has 3 nitrogen and oxygen atoms in total. The molecule has 0 amide bonds. The molecule has 0 aliphatic heterocycles. The van der Waals surface area contributed by atoms with Gasteiger partial charge in [0.15, 0.2) is 17.3 Å². The number of fused-ring (bicyclic) bond motifs is 1. The van der Waals surface area contributed by atoms with Crippen LogP contribution in [-0.4, -0.2) is 10.8 Å². The first-order valence-corrected chi connectivity index (χ1v) is 6.15. The molecule has 0 atom stereocenters. The molecule has 1 aliphatic rings. The van der Waals surface area contributed by atoms with Crippen LogP contribution in [-0.2, 0) is 0 Å². The number of hydrogen-bond donors (Lipinski definition) is 0. The van der Waals surface area contributed by atoms with E-state index in [1.54, 1.807) is 0 Å². The van der Waals surface area contributed by atoms with Crippen molar-refractivity contribution in [2.24, 2.45) is 5.92 Å². The number of Topliss-reactive ketones (excluding diaryl/α,β-unsaturated/α-hetero) is 1. The molecule has 2 aromatic rings. The van der Waals surface area contributed by atoms with E-state index in [2.05, 4.69) is 4.98 Å². The van der Waals surface area contributed by atoms with Crippen molar-refractivity contribution in [3.05, 3.63) is 29.7 Å². The zero-order valence-corrected chi connectivity index (χ0v) is 9.90. The van der Waals surface area contributed by atoms with Crippen molar-refractivity contribution in [1.29, 1.82) is 0 Å². The Morgan fingerprint density at radius 3 is 2.88 bits per heavy atom. The second-order valence-electron chi connectivity index (χ2n) is 4.76. The first-order chi connectivity index (χ1) is 8.24. The maximum absolute atomic E-state index is 12.2. The van der Waals surface area contributed by atoms with Crippen molar-refractivity contribution in [2.75, 3.05) is 0 Å². The molecular formula is C14H15NO2. The predicted molar refractivity (Wildman–Crippen MR) is 65.0 cm³/mol. The Labute approximate surface area is 99.8 Å². The second kappa shape index (κ2) is 3.99. The number of hydrogen-bond acceptors (Lipinski definition) is 3. The average molecular weight is 229 g/mol. The van der Waals surface area contributed by atoms with Gasteiger partial charge >= 0.3 is 0 Å². The molecule has 3 heteroatoms. The third-order valence-corrected chi connectivity index (χ3v) is 3.51. The van der Waals surface area contributed by atoms with E-state index in [1.807, 2.05) is 25.1 Å². The van der Waals surface area contributed by atoms with Gasteiger partial charge in [-0.15, -0.1) is 0 Å². The summed E-state index contributed by atoms with van der Waals surface area (Å²) < 4.78 is 5.46. The van der Waals surface area contributed by atoms with Gasteiger partial charge in [0.25, 0.3) is 0 Å². The van der Waals surface area contributed by atoms with E-state index >= 15 is 0 Å². The highest BCUT2D eigenvalue weighted by atomic mass is 16.3. The first-order valence-electron chi connectivity index (χ1n) is 6.15. The van der Waals surface area contributed by atoms with E-state index in [4.69, 9.17) is 4.42 Å². The Kier molecular flexibility index (Phi) is 2.46. The Balaban J connectivity index is 1.96. The Morgan fingerprint density at radius 2 is 2.12 bits per heavy atom. The smallest absolute Gasteiger partial charge is 0.192 e. The van der Waals surface area contributed by atoms with Gasteiger partial charge < -0.3 is 4.42 Å². The standard InChI is InChI=1S/C14H15NO2/c1-9-15-12-7-6-11(8-13(12)17-9)14(16)10-4-2-3-5-10/h6-8,10H,2-5H2,1H3. The van der Waals surface area contributed by atoms with Crippen LogP contribution in [0.2, 0.25) is 0 Å². The minimum atomic E-state index is 0.219. The topological polar surface area (TPSA) is 43.1 Å². The predicted octanol–water partition coefficient (Wildman–Crippen LogP) is 3.51. The summed E-state index contributed by atoms with van der Waals surface area (Å²) in [4.78, 5) is 16.5. The highest BCUT2D eigenvalue weighted by Crippen LogP contribution is 2.29. The third-order valence-electron chi connectivity index (χ3n) is 3.51. The lowest BCUT2D eigenvalue weighted by Crippen LogP contribution is -2.10. The highest BCUT2D eigenvalue weighted by molar-refractivity contribution is 6.00.